The predicted molar refractivity (Wildman–Crippen MR) is 82.4 cm³/mol. The Bertz CT molecular complexity index is 505. The minimum atomic E-state index is 1.06. The van der Waals surface area contributed by atoms with Crippen molar-refractivity contribution >= 4 is 23.5 Å². The molecule has 0 amide bonds. The smallest absolute Gasteiger partial charge is 0.0249 e. The van der Waals surface area contributed by atoms with Gasteiger partial charge in [0.2, 0.25) is 0 Å². The van der Waals surface area contributed by atoms with E-state index in [1.165, 1.54) is 9.79 Å². The van der Waals surface area contributed by atoms with Crippen LogP contribution in [0.25, 0.3) is 0 Å². The van der Waals surface area contributed by atoms with Crippen molar-refractivity contribution in [1.82, 2.24) is 0 Å². The van der Waals surface area contributed by atoms with Crippen LogP contribution in [0.1, 0.15) is 11.1 Å². The molecule has 0 N–H and O–H groups in total. The molecule has 0 spiro atoms. The monoisotopic (exact) mass is 270 g/mol. The molecule has 0 unspecified atom stereocenters. The van der Waals surface area contributed by atoms with Crippen molar-refractivity contribution in [3.8, 4) is 11.8 Å². The lowest BCUT2D eigenvalue weighted by atomic mass is 10.2. The summed E-state index contributed by atoms with van der Waals surface area (Å²) in [7, 11) is 0. The Labute approximate surface area is 117 Å². The maximum absolute atomic E-state index is 3.18. The Kier molecular flexibility index (Phi) is 4.81. The fourth-order valence-corrected chi connectivity index (χ4v) is 2.31. The van der Waals surface area contributed by atoms with Crippen molar-refractivity contribution in [2.45, 2.75) is 9.79 Å². The van der Waals surface area contributed by atoms with Gasteiger partial charge in [0.25, 0.3) is 0 Å². The van der Waals surface area contributed by atoms with E-state index in [9.17, 15) is 0 Å². The fourth-order valence-electron chi connectivity index (χ4n) is 1.49. The summed E-state index contributed by atoms with van der Waals surface area (Å²) in [6.07, 6.45) is 4.15. The van der Waals surface area contributed by atoms with Gasteiger partial charge in [0.05, 0.1) is 0 Å². The third-order valence-corrected chi connectivity index (χ3v) is 4.02. The van der Waals surface area contributed by atoms with Crippen LogP contribution >= 0.6 is 23.5 Å². The summed E-state index contributed by atoms with van der Waals surface area (Å²) < 4.78 is 0. The first-order chi connectivity index (χ1) is 8.81. The number of hydrogen-bond acceptors (Lipinski definition) is 2. The highest BCUT2D eigenvalue weighted by Crippen LogP contribution is 2.15. The topological polar surface area (TPSA) is 0 Å². The number of thioether (sulfide) groups is 2. The standard InChI is InChI=1S/C16H14S2/c1-17-15-9-5-13(6-10-15)3-4-14-7-11-16(18-2)12-8-14/h5-12H,1-2H3. The molecule has 0 aliphatic carbocycles. The van der Waals surface area contributed by atoms with Gasteiger partial charge in [0, 0.05) is 20.9 Å². The Morgan fingerprint density at radius 1 is 0.611 bits per heavy atom. The van der Waals surface area contributed by atoms with E-state index in [1.807, 2.05) is 0 Å². The molecule has 0 aromatic heterocycles. The molecular formula is C16H14S2. The minimum absolute atomic E-state index is 1.06. The molecule has 2 aromatic rings. The Morgan fingerprint density at radius 2 is 0.944 bits per heavy atom. The van der Waals surface area contributed by atoms with Crippen LogP contribution in [-0.4, -0.2) is 12.5 Å². The van der Waals surface area contributed by atoms with Crippen molar-refractivity contribution < 1.29 is 0 Å². The lowest BCUT2D eigenvalue weighted by molar-refractivity contribution is 1.44. The van der Waals surface area contributed by atoms with E-state index < -0.39 is 0 Å². The normalized spacial score (nSPS) is 9.67. The number of benzene rings is 2. The van der Waals surface area contributed by atoms with Crippen LogP contribution in [0.2, 0.25) is 0 Å². The second kappa shape index (κ2) is 6.58. The van der Waals surface area contributed by atoms with Gasteiger partial charge in [-0.3, -0.25) is 0 Å². The lowest BCUT2D eigenvalue weighted by Crippen LogP contribution is -1.77. The molecular weight excluding hydrogens is 256 g/mol. The molecule has 0 aliphatic rings. The summed E-state index contributed by atoms with van der Waals surface area (Å²) in [6, 6.07) is 16.7. The van der Waals surface area contributed by atoms with Gasteiger partial charge in [-0.2, -0.15) is 0 Å². The van der Waals surface area contributed by atoms with Crippen LogP contribution in [0.15, 0.2) is 58.3 Å². The summed E-state index contributed by atoms with van der Waals surface area (Å²) in [5.74, 6) is 6.37. The van der Waals surface area contributed by atoms with Crippen molar-refractivity contribution in [1.29, 1.82) is 0 Å². The molecule has 2 heteroatoms. The van der Waals surface area contributed by atoms with Gasteiger partial charge in [0.15, 0.2) is 0 Å². The van der Waals surface area contributed by atoms with Gasteiger partial charge in [-0.05, 0) is 61.0 Å². The van der Waals surface area contributed by atoms with E-state index >= 15 is 0 Å². The third-order valence-electron chi connectivity index (χ3n) is 2.53. The van der Waals surface area contributed by atoms with Gasteiger partial charge in [0.1, 0.15) is 0 Å². The zero-order valence-electron chi connectivity index (χ0n) is 10.4. The van der Waals surface area contributed by atoms with Gasteiger partial charge >= 0.3 is 0 Å². The molecule has 18 heavy (non-hydrogen) atoms. The molecule has 0 atom stereocenters. The molecule has 0 saturated heterocycles. The zero-order valence-corrected chi connectivity index (χ0v) is 12.1. The molecule has 0 bridgehead atoms. The highest BCUT2D eigenvalue weighted by atomic mass is 32.2. The van der Waals surface area contributed by atoms with Crippen molar-refractivity contribution in [2.24, 2.45) is 0 Å². The summed E-state index contributed by atoms with van der Waals surface area (Å²) >= 11 is 3.49. The second-order valence-corrected chi connectivity index (χ2v) is 5.47. The molecule has 0 radical (unpaired) electrons. The summed E-state index contributed by atoms with van der Waals surface area (Å²) in [4.78, 5) is 2.54. The maximum atomic E-state index is 3.18. The molecule has 0 aliphatic heterocycles. The summed E-state index contributed by atoms with van der Waals surface area (Å²) in [5.41, 5.74) is 2.11. The van der Waals surface area contributed by atoms with E-state index in [2.05, 4.69) is 72.9 Å². The minimum Gasteiger partial charge on any atom is -0.130 e. The van der Waals surface area contributed by atoms with Gasteiger partial charge in [-0.25, -0.2) is 0 Å². The summed E-state index contributed by atoms with van der Waals surface area (Å²) in [5, 5.41) is 0. The van der Waals surface area contributed by atoms with E-state index in [0.29, 0.717) is 0 Å². The molecule has 2 rings (SSSR count). The average Bonchev–Trinajstić information content (AvgIpc) is 2.46. The van der Waals surface area contributed by atoms with Crippen LogP contribution in [0, 0.1) is 11.8 Å². The van der Waals surface area contributed by atoms with Crippen molar-refractivity contribution in [3.05, 3.63) is 59.7 Å². The predicted octanol–water partition coefficient (Wildman–Crippen LogP) is 4.53. The molecule has 0 nitrogen and oxygen atoms in total. The van der Waals surface area contributed by atoms with Gasteiger partial charge in [-0.15, -0.1) is 23.5 Å². The zero-order chi connectivity index (χ0) is 12.8. The van der Waals surface area contributed by atoms with Crippen LogP contribution in [0.4, 0.5) is 0 Å². The van der Waals surface area contributed by atoms with E-state index in [1.54, 1.807) is 23.5 Å². The molecule has 0 fully saturated rings. The fraction of sp³-hybridized carbons (Fsp3) is 0.125. The molecule has 0 heterocycles. The molecule has 0 saturated carbocycles. The number of hydrogen-bond donors (Lipinski definition) is 0. The van der Waals surface area contributed by atoms with Gasteiger partial charge < -0.3 is 0 Å². The quantitative estimate of drug-likeness (QED) is 0.581. The van der Waals surface area contributed by atoms with E-state index in [0.717, 1.165) is 11.1 Å². The maximum Gasteiger partial charge on any atom is 0.0249 e. The second-order valence-electron chi connectivity index (χ2n) is 3.71. The highest BCUT2D eigenvalue weighted by Gasteiger charge is 1.91. The van der Waals surface area contributed by atoms with E-state index in [-0.39, 0.29) is 0 Å². The van der Waals surface area contributed by atoms with Crippen LogP contribution in [0.3, 0.4) is 0 Å². The Morgan fingerprint density at radius 3 is 1.22 bits per heavy atom. The molecule has 90 valence electrons. The van der Waals surface area contributed by atoms with Crippen LogP contribution < -0.4 is 0 Å². The first kappa shape index (κ1) is 13.1. The SMILES string of the molecule is CSc1ccc(C#Cc2ccc(SC)cc2)cc1. The van der Waals surface area contributed by atoms with E-state index in [4.69, 9.17) is 0 Å². The average molecular weight is 270 g/mol. The first-order valence-electron chi connectivity index (χ1n) is 5.62. The van der Waals surface area contributed by atoms with Crippen molar-refractivity contribution in [2.75, 3.05) is 12.5 Å². The van der Waals surface area contributed by atoms with Gasteiger partial charge in [-0.1, -0.05) is 11.8 Å². The largest absolute Gasteiger partial charge is 0.130 e. The number of rotatable bonds is 2. The highest BCUT2D eigenvalue weighted by molar-refractivity contribution is 7.98. The van der Waals surface area contributed by atoms with Crippen LogP contribution in [0.5, 0.6) is 0 Å². The van der Waals surface area contributed by atoms with Crippen LogP contribution in [-0.2, 0) is 0 Å². The van der Waals surface area contributed by atoms with Crippen molar-refractivity contribution in [3.63, 3.8) is 0 Å². The molecule has 2 aromatic carbocycles. The Balaban J connectivity index is 2.14. The first-order valence-corrected chi connectivity index (χ1v) is 8.07. The Hall–Kier alpha value is -1.30. The summed E-state index contributed by atoms with van der Waals surface area (Å²) in [6.45, 7) is 0. The third kappa shape index (κ3) is 3.60. The lowest BCUT2D eigenvalue weighted by Gasteiger charge is -1.96.